The minimum Gasteiger partial charge on any atom is -0.479 e. The molecule has 19 heavy (non-hydrogen) atoms. The van der Waals surface area contributed by atoms with Crippen LogP contribution in [0.1, 0.15) is 38.8 Å². The second-order valence-electron chi connectivity index (χ2n) is 5.17. The molecule has 1 amide bonds. The molecule has 2 N–H and O–H groups in total. The highest BCUT2D eigenvalue weighted by Crippen LogP contribution is 2.16. The largest absolute Gasteiger partial charge is 0.479 e. The lowest BCUT2D eigenvalue weighted by Crippen LogP contribution is -2.34. The fourth-order valence-corrected chi connectivity index (χ4v) is 1.68. The Morgan fingerprint density at radius 2 is 1.74 bits per heavy atom. The van der Waals surface area contributed by atoms with Crippen molar-refractivity contribution < 1.29 is 14.7 Å². The van der Waals surface area contributed by atoms with Crippen molar-refractivity contribution in [2.45, 2.75) is 33.2 Å². The Bertz CT molecular complexity index is 428. The highest BCUT2D eigenvalue weighted by Gasteiger charge is 2.23. The Balaban J connectivity index is 2.70. The molecule has 0 spiro atoms. The monoisotopic (exact) mass is 263 g/mol. The lowest BCUT2D eigenvalue weighted by molar-refractivity contribution is -0.142. The Morgan fingerprint density at radius 3 is 2.21 bits per heavy atom. The van der Waals surface area contributed by atoms with E-state index in [1.54, 1.807) is 24.3 Å². The molecule has 4 nitrogen and oxygen atoms in total. The molecule has 0 aliphatic rings. The van der Waals surface area contributed by atoms with Gasteiger partial charge in [0.15, 0.2) is 6.04 Å². The maximum atomic E-state index is 11.9. The fourth-order valence-electron chi connectivity index (χ4n) is 1.68. The number of carbonyl (C=O) groups excluding carboxylic acids is 1. The Labute approximate surface area is 113 Å². The predicted molar refractivity (Wildman–Crippen MR) is 73.6 cm³/mol. The van der Waals surface area contributed by atoms with Gasteiger partial charge in [-0.05, 0) is 17.4 Å². The molecule has 104 valence electrons. The number of nitrogens with one attached hydrogen (secondary N) is 1. The summed E-state index contributed by atoms with van der Waals surface area (Å²) in [5.41, 5.74) is 0.584. The van der Waals surface area contributed by atoms with Gasteiger partial charge in [-0.25, -0.2) is 4.79 Å². The van der Waals surface area contributed by atoms with Gasteiger partial charge in [0.05, 0.1) is 0 Å². The van der Waals surface area contributed by atoms with Gasteiger partial charge in [-0.2, -0.15) is 0 Å². The van der Waals surface area contributed by atoms with E-state index in [4.69, 9.17) is 0 Å². The second-order valence-corrected chi connectivity index (χ2v) is 5.17. The quantitative estimate of drug-likeness (QED) is 0.829. The first kappa shape index (κ1) is 15.2. The number of aliphatic carboxylic acids is 1. The van der Waals surface area contributed by atoms with Crippen molar-refractivity contribution in [2.75, 3.05) is 0 Å². The van der Waals surface area contributed by atoms with Gasteiger partial charge in [0, 0.05) is 6.42 Å². The number of carboxylic acid groups (broad SMARTS) is 1. The molecule has 0 saturated heterocycles. The van der Waals surface area contributed by atoms with Crippen LogP contribution in [0.5, 0.6) is 0 Å². The highest BCUT2D eigenvalue weighted by atomic mass is 16.4. The van der Waals surface area contributed by atoms with Gasteiger partial charge in [0.1, 0.15) is 0 Å². The van der Waals surface area contributed by atoms with Crippen molar-refractivity contribution in [3.05, 3.63) is 35.9 Å². The molecule has 1 unspecified atom stereocenters. The first-order valence-corrected chi connectivity index (χ1v) is 6.49. The molecule has 1 aromatic carbocycles. The smallest absolute Gasteiger partial charge is 0.330 e. The van der Waals surface area contributed by atoms with E-state index in [1.807, 2.05) is 26.8 Å². The van der Waals surface area contributed by atoms with Crippen LogP contribution in [-0.2, 0) is 9.59 Å². The van der Waals surface area contributed by atoms with E-state index in [-0.39, 0.29) is 11.8 Å². The van der Waals surface area contributed by atoms with Crippen molar-refractivity contribution >= 4 is 11.9 Å². The van der Waals surface area contributed by atoms with Crippen LogP contribution in [0.4, 0.5) is 0 Å². The first-order valence-electron chi connectivity index (χ1n) is 6.49. The molecule has 1 aromatic rings. The highest BCUT2D eigenvalue weighted by molar-refractivity contribution is 5.84. The molecule has 0 aliphatic carbocycles. The third-order valence-electron chi connectivity index (χ3n) is 3.33. The minimum atomic E-state index is -1.04. The average molecular weight is 263 g/mol. The van der Waals surface area contributed by atoms with Crippen LogP contribution in [0.2, 0.25) is 0 Å². The number of amides is 1. The zero-order valence-corrected chi connectivity index (χ0v) is 11.6. The molecular formula is C15H21NO3. The summed E-state index contributed by atoms with van der Waals surface area (Å²) < 4.78 is 0. The summed E-state index contributed by atoms with van der Waals surface area (Å²) in [4.78, 5) is 23.1. The van der Waals surface area contributed by atoms with Gasteiger partial charge in [-0.3, -0.25) is 4.79 Å². The second kappa shape index (κ2) is 6.92. The summed E-state index contributed by atoms with van der Waals surface area (Å²) >= 11 is 0. The molecule has 0 fully saturated rings. The first-order chi connectivity index (χ1) is 8.91. The topological polar surface area (TPSA) is 66.4 Å². The third-order valence-corrected chi connectivity index (χ3v) is 3.33. The lowest BCUT2D eigenvalue weighted by atomic mass is 9.94. The average Bonchev–Trinajstić information content (AvgIpc) is 2.36. The molecule has 0 bridgehead atoms. The number of benzene rings is 1. The summed E-state index contributed by atoms with van der Waals surface area (Å²) in [5.74, 6) is -0.648. The van der Waals surface area contributed by atoms with Gasteiger partial charge >= 0.3 is 5.97 Å². The number of carbonyl (C=O) groups is 2. The Hall–Kier alpha value is -1.84. The van der Waals surface area contributed by atoms with Crippen LogP contribution < -0.4 is 5.32 Å². The van der Waals surface area contributed by atoms with Crippen molar-refractivity contribution in [2.24, 2.45) is 11.8 Å². The molecule has 2 atom stereocenters. The van der Waals surface area contributed by atoms with Crippen LogP contribution in [0.25, 0.3) is 0 Å². The molecule has 0 saturated carbocycles. The molecule has 1 rings (SSSR count). The summed E-state index contributed by atoms with van der Waals surface area (Å²) in [7, 11) is 0. The van der Waals surface area contributed by atoms with E-state index in [1.165, 1.54) is 0 Å². The SMILES string of the molecule is CC(C)C(C)CC(=O)N[C@@H](C(=O)O)c1ccccc1. The predicted octanol–water partition coefficient (Wildman–Crippen LogP) is 2.61. The van der Waals surface area contributed by atoms with Crippen molar-refractivity contribution in [1.29, 1.82) is 0 Å². The normalized spacial score (nSPS) is 13.9. The zero-order chi connectivity index (χ0) is 14.4. The van der Waals surface area contributed by atoms with Crippen LogP contribution >= 0.6 is 0 Å². The summed E-state index contributed by atoms with van der Waals surface area (Å²) in [6.45, 7) is 6.08. The van der Waals surface area contributed by atoms with Crippen LogP contribution in [0, 0.1) is 11.8 Å². The standard InChI is InChI=1S/C15H21NO3/c1-10(2)11(3)9-13(17)16-14(15(18)19)12-7-5-4-6-8-12/h4-8,10-11,14H,9H2,1-3H3,(H,16,17)(H,18,19)/t11?,14-/m1/s1. The van der Waals surface area contributed by atoms with E-state index in [2.05, 4.69) is 5.32 Å². The molecule has 4 heteroatoms. The van der Waals surface area contributed by atoms with Gasteiger partial charge < -0.3 is 10.4 Å². The van der Waals surface area contributed by atoms with Gasteiger partial charge in [-0.15, -0.1) is 0 Å². The van der Waals surface area contributed by atoms with E-state index in [9.17, 15) is 14.7 Å². The van der Waals surface area contributed by atoms with Gasteiger partial charge in [0.25, 0.3) is 0 Å². The zero-order valence-electron chi connectivity index (χ0n) is 11.6. The minimum absolute atomic E-state index is 0.225. The number of carboxylic acids is 1. The molecule has 0 aliphatic heterocycles. The Morgan fingerprint density at radius 1 is 1.16 bits per heavy atom. The van der Waals surface area contributed by atoms with Crippen LogP contribution in [0.3, 0.4) is 0 Å². The summed E-state index contributed by atoms with van der Waals surface area (Å²) in [6.07, 6.45) is 0.342. The van der Waals surface area contributed by atoms with E-state index < -0.39 is 12.0 Å². The van der Waals surface area contributed by atoms with Crippen LogP contribution in [0.15, 0.2) is 30.3 Å². The maximum absolute atomic E-state index is 11.9. The van der Waals surface area contributed by atoms with E-state index >= 15 is 0 Å². The van der Waals surface area contributed by atoms with Crippen LogP contribution in [-0.4, -0.2) is 17.0 Å². The number of hydrogen-bond donors (Lipinski definition) is 2. The van der Waals surface area contributed by atoms with Gasteiger partial charge in [0.2, 0.25) is 5.91 Å². The molecule has 0 heterocycles. The lowest BCUT2D eigenvalue weighted by Gasteiger charge is -2.18. The number of hydrogen-bond acceptors (Lipinski definition) is 2. The maximum Gasteiger partial charge on any atom is 0.330 e. The molecule has 0 aromatic heterocycles. The van der Waals surface area contributed by atoms with Crippen molar-refractivity contribution in [3.8, 4) is 0 Å². The Kier molecular flexibility index (Phi) is 5.55. The van der Waals surface area contributed by atoms with Crippen molar-refractivity contribution in [1.82, 2.24) is 5.32 Å². The summed E-state index contributed by atoms with van der Waals surface area (Å²) in [6, 6.07) is 7.75. The molecular weight excluding hydrogens is 242 g/mol. The molecule has 0 radical (unpaired) electrons. The number of rotatable bonds is 6. The van der Waals surface area contributed by atoms with E-state index in [0.29, 0.717) is 17.9 Å². The van der Waals surface area contributed by atoms with E-state index in [0.717, 1.165) is 0 Å². The summed E-state index contributed by atoms with van der Waals surface area (Å²) in [5, 5.41) is 11.8. The van der Waals surface area contributed by atoms with Crippen molar-refractivity contribution in [3.63, 3.8) is 0 Å². The fraction of sp³-hybridized carbons (Fsp3) is 0.467. The third kappa shape index (κ3) is 4.73. The van der Waals surface area contributed by atoms with Gasteiger partial charge in [-0.1, -0.05) is 51.1 Å².